The largest absolute Gasteiger partial charge is 0.464 e. The van der Waals surface area contributed by atoms with Crippen molar-refractivity contribution in [3.63, 3.8) is 0 Å². The molecule has 2 heterocycles. The fraction of sp³-hybridized carbons (Fsp3) is 0.533. The van der Waals surface area contributed by atoms with E-state index in [9.17, 15) is 4.79 Å². The van der Waals surface area contributed by atoms with Crippen molar-refractivity contribution in [3.8, 4) is 0 Å². The van der Waals surface area contributed by atoms with Crippen LogP contribution in [0.4, 0.5) is 0 Å². The Morgan fingerprint density at radius 2 is 2.16 bits per heavy atom. The molecule has 0 aromatic carbocycles. The first-order valence-corrected chi connectivity index (χ1v) is 6.91. The van der Waals surface area contributed by atoms with Gasteiger partial charge in [0.2, 0.25) is 5.91 Å². The number of aryl methyl sites for hydroxylation is 1. The molecular weight excluding hydrogens is 240 g/mol. The Morgan fingerprint density at radius 3 is 2.63 bits per heavy atom. The monoisotopic (exact) mass is 260 g/mol. The van der Waals surface area contributed by atoms with Crippen molar-refractivity contribution in [1.82, 2.24) is 10.2 Å². The standard InChI is InChI=1S/C15H20N2O2/c1-10-3-6-14(19-10)9-17(13-4-5-13)15(18)11(2)12-7-16-8-12/h3,6,13,16H,4-5,7-9H2,1-2H3. The van der Waals surface area contributed by atoms with E-state index in [1.165, 1.54) is 5.57 Å². The van der Waals surface area contributed by atoms with Crippen LogP contribution in [0.2, 0.25) is 0 Å². The van der Waals surface area contributed by atoms with Crippen molar-refractivity contribution in [2.24, 2.45) is 0 Å². The predicted molar refractivity (Wildman–Crippen MR) is 72.6 cm³/mol. The van der Waals surface area contributed by atoms with Gasteiger partial charge in [-0.3, -0.25) is 4.79 Å². The molecule has 2 aliphatic rings. The van der Waals surface area contributed by atoms with Gasteiger partial charge in [-0.2, -0.15) is 0 Å². The van der Waals surface area contributed by atoms with Gasteiger partial charge in [0.1, 0.15) is 11.5 Å². The summed E-state index contributed by atoms with van der Waals surface area (Å²) in [5.41, 5.74) is 2.15. The molecular formula is C15H20N2O2. The Hall–Kier alpha value is -1.55. The third kappa shape index (κ3) is 2.59. The lowest BCUT2D eigenvalue weighted by atomic mass is 10.0. The predicted octanol–water partition coefficient (Wildman–Crippen LogP) is 2.00. The van der Waals surface area contributed by atoms with E-state index in [1.807, 2.05) is 30.9 Å². The first kappa shape index (κ1) is 12.5. The van der Waals surface area contributed by atoms with Gasteiger partial charge >= 0.3 is 0 Å². The van der Waals surface area contributed by atoms with Gasteiger partial charge in [0.25, 0.3) is 0 Å². The van der Waals surface area contributed by atoms with E-state index in [0.717, 1.165) is 43.0 Å². The fourth-order valence-corrected chi connectivity index (χ4v) is 2.37. The normalized spacial score (nSPS) is 18.1. The molecule has 1 aliphatic heterocycles. The number of furan rings is 1. The molecule has 0 bridgehead atoms. The summed E-state index contributed by atoms with van der Waals surface area (Å²) >= 11 is 0. The minimum Gasteiger partial charge on any atom is -0.464 e. The number of amides is 1. The molecule has 4 nitrogen and oxygen atoms in total. The Morgan fingerprint density at radius 1 is 1.42 bits per heavy atom. The molecule has 1 saturated carbocycles. The number of carbonyl (C=O) groups is 1. The molecule has 102 valence electrons. The van der Waals surface area contributed by atoms with Crippen LogP contribution in [0.15, 0.2) is 27.7 Å². The van der Waals surface area contributed by atoms with Crippen LogP contribution in [0, 0.1) is 6.92 Å². The zero-order valence-corrected chi connectivity index (χ0v) is 11.5. The van der Waals surface area contributed by atoms with E-state index < -0.39 is 0 Å². The first-order valence-electron chi connectivity index (χ1n) is 6.91. The van der Waals surface area contributed by atoms with Crippen LogP contribution in [-0.2, 0) is 11.3 Å². The topological polar surface area (TPSA) is 45.5 Å². The van der Waals surface area contributed by atoms with Crippen LogP contribution in [-0.4, -0.2) is 29.9 Å². The average molecular weight is 260 g/mol. The summed E-state index contributed by atoms with van der Waals surface area (Å²) in [6.07, 6.45) is 2.23. The highest BCUT2D eigenvalue weighted by atomic mass is 16.3. The zero-order valence-electron chi connectivity index (χ0n) is 11.5. The Labute approximate surface area is 113 Å². The van der Waals surface area contributed by atoms with E-state index >= 15 is 0 Å². The number of carbonyl (C=O) groups excluding carboxylic acids is 1. The number of hydrogen-bond donors (Lipinski definition) is 1. The first-order chi connectivity index (χ1) is 9.15. The molecule has 1 N–H and O–H groups in total. The second-order valence-electron chi connectivity index (χ2n) is 5.51. The molecule has 1 aromatic rings. The van der Waals surface area contributed by atoms with Gasteiger partial charge in [-0.1, -0.05) is 0 Å². The van der Waals surface area contributed by atoms with Crippen LogP contribution in [0.1, 0.15) is 31.3 Å². The van der Waals surface area contributed by atoms with Crippen molar-refractivity contribution in [2.45, 2.75) is 39.3 Å². The van der Waals surface area contributed by atoms with Gasteiger partial charge in [-0.15, -0.1) is 0 Å². The van der Waals surface area contributed by atoms with Gasteiger partial charge < -0.3 is 14.6 Å². The number of rotatable bonds is 4. The van der Waals surface area contributed by atoms with Crippen molar-refractivity contribution in [3.05, 3.63) is 34.8 Å². The van der Waals surface area contributed by atoms with Crippen molar-refractivity contribution < 1.29 is 9.21 Å². The molecule has 4 heteroatoms. The van der Waals surface area contributed by atoms with Gasteiger partial charge in [0, 0.05) is 24.7 Å². The average Bonchev–Trinajstić information content (AvgIpc) is 3.07. The van der Waals surface area contributed by atoms with Gasteiger partial charge in [-0.25, -0.2) is 0 Å². The summed E-state index contributed by atoms with van der Waals surface area (Å²) in [5, 5.41) is 3.19. The molecule has 0 atom stereocenters. The molecule has 1 saturated heterocycles. The molecule has 1 aliphatic carbocycles. The molecule has 0 radical (unpaired) electrons. The van der Waals surface area contributed by atoms with E-state index in [-0.39, 0.29) is 5.91 Å². The van der Waals surface area contributed by atoms with Crippen LogP contribution < -0.4 is 5.32 Å². The highest BCUT2D eigenvalue weighted by Gasteiger charge is 2.34. The van der Waals surface area contributed by atoms with Gasteiger partial charge in [0.05, 0.1) is 6.54 Å². The lowest BCUT2D eigenvalue weighted by Crippen LogP contribution is -2.39. The minimum atomic E-state index is 0.174. The molecule has 2 fully saturated rings. The molecule has 0 spiro atoms. The Kier molecular flexibility index (Phi) is 3.19. The van der Waals surface area contributed by atoms with Crippen LogP contribution in [0.3, 0.4) is 0 Å². The zero-order chi connectivity index (χ0) is 13.4. The van der Waals surface area contributed by atoms with E-state index in [4.69, 9.17) is 4.42 Å². The third-order valence-electron chi connectivity index (χ3n) is 3.90. The van der Waals surface area contributed by atoms with Crippen molar-refractivity contribution >= 4 is 5.91 Å². The van der Waals surface area contributed by atoms with E-state index in [1.54, 1.807) is 0 Å². The second kappa shape index (κ2) is 4.85. The molecule has 0 unspecified atom stereocenters. The van der Waals surface area contributed by atoms with E-state index in [0.29, 0.717) is 12.6 Å². The molecule has 1 aromatic heterocycles. The highest BCUT2D eigenvalue weighted by molar-refractivity contribution is 5.94. The maximum atomic E-state index is 12.6. The van der Waals surface area contributed by atoms with Crippen molar-refractivity contribution in [2.75, 3.05) is 13.1 Å². The summed E-state index contributed by atoms with van der Waals surface area (Å²) in [4.78, 5) is 14.5. The van der Waals surface area contributed by atoms with Crippen molar-refractivity contribution in [1.29, 1.82) is 0 Å². The second-order valence-corrected chi connectivity index (χ2v) is 5.51. The lowest BCUT2D eigenvalue weighted by molar-refractivity contribution is -0.128. The fourth-order valence-electron chi connectivity index (χ4n) is 2.37. The number of nitrogens with zero attached hydrogens (tertiary/aromatic N) is 1. The smallest absolute Gasteiger partial charge is 0.250 e. The number of hydrogen-bond acceptors (Lipinski definition) is 3. The van der Waals surface area contributed by atoms with Crippen LogP contribution in [0.25, 0.3) is 0 Å². The van der Waals surface area contributed by atoms with Gasteiger partial charge in [-0.05, 0) is 44.4 Å². The Balaban J connectivity index is 1.75. The van der Waals surface area contributed by atoms with E-state index in [2.05, 4.69) is 5.32 Å². The maximum absolute atomic E-state index is 12.6. The highest BCUT2D eigenvalue weighted by Crippen LogP contribution is 2.30. The summed E-state index contributed by atoms with van der Waals surface area (Å²) in [7, 11) is 0. The Bertz CT molecular complexity index is 520. The molecule has 1 amide bonds. The maximum Gasteiger partial charge on any atom is 0.250 e. The summed E-state index contributed by atoms with van der Waals surface area (Å²) in [6.45, 7) is 6.18. The summed E-state index contributed by atoms with van der Waals surface area (Å²) < 4.78 is 5.60. The molecule has 19 heavy (non-hydrogen) atoms. The summed E-state index contributed by atoms with van der Waals surface area (Å²) in [6, 6.07) is 4.32. The minimum absolute atomic E-state index is 0.174. The molecule has 3 rings (SSSR count). The SMILES string of the molecule is CC(C(=O)N(Cc1ccc(C)o1)C1CC1)=C1CNC1. The van der Waals surface area contributed by atoms with Crippen LogP contribution in [0.5, 0.6) is 0 Å². The lowest BCUT2D eigenvalue weighted by Gasteiger charge is -2.26. The van der Waals surface area contributed by atoms with Crippen LogP contribution >= 0.6 is 0 Å². The number of nitrogens with one attached hydrogen (secondary N) is 1. The third-order valence-corrected chi connectivity index (χ3v) is 3.90. The quantitative estimate of drug-likeness (QED) is 0.842. The van der Waals surface area contributed by atoms with Gasteiger partial charge in [0.15, 0.2) is 0 Å². The summed E-state index contributed by atoms with van der Waals surface area (Å²) in [5.74, 6) is 1.95.